The molecule has 1 saturated carbocycles. The number of carbonyl (C=O) groups is 1. The standard InChI is InChI=1S/C23H27N3O5/c1-25(14-16-8-4-2-5-9-16)22(23(27)24-17-10-6-3-7-11-17)18-12-20-21(31-15-30-20)13-19(18)26(28)29/h2,4-5,8-9,12-13,17,22H,3,6-7,10-11,14-15H2,1H3,(H,24,27)/p+1. The van der Waals surface area contributed by atoms with Crippen molar-refractivity contribution < 1.29 is 24.1 Å². The number of rotatable bonds is 7. The fourth-order valence-electron chi connectivity index (χ4n) is 4.52. The molecule has 2 N–H and O–H groups in total. The highest BCUT2D eigenvalue weighted by atomic mass is 16.7. The molecule has 2 unspecified atom stereocenters. The third-order valence-corrected chi connectivity index (χ3v) is 6.06. The van der Waals surface area contributed by atoms with Gasteiger partial charge in [0, 0.05) is 17.7 Å². The van der Waals surface area contributed by atoms with E-state index < -0.39 is 11.0 Å². The van der Waals surface area contributed by atoms with Gasteiger partial charge >= 0.3 is 0 Å². The summed E-state index contributed by atoms with van der Waals surface area (Å²) in [6.07, 6.45) is 5.25. The lowest BCUT2D eigenvalue weighted by molar-refractivity contribution is -0.916. The highest BCUT2D eigenvalue weighted by Gasteiger charge is 2.38. The number of quaternary nitrogens is 1. The zero-order valence-electron chi connectivity index (χ0n) is 17.6. The lowest BCUT2D eigenvalue weighted by Crippen LogP contribution is -3.09. The second-order valence-electron chi connectivity index (χ2n) is 8.31. The van der Waals surface area contributed by atoms with Gasteiger partial charge in [-0.2, -0.15) is 0 Å². The van der Waals surface area contributed by atoms with Gasteiger partial charge in [-0.1, -0.05) is 49.6 Å². The molecule has 2 atom stereocenters. The molecule has 0 aromatic heterocycles. The maximum atomic E-state index is 13.5. The zero-order chi connectivity index (χ0) is 21.8. The van der Waals surface area contributed by atoms with Crippen LogP contribution in [0.2, 0.25) is 0 Å². The monoisotopic (exact) mass is 426 g/mol. The van der Waals surface area contributed by atoms with Crippen molar-refractivity contribution in [2.75, 3.05) is 13.8 Å². The fraction of sp³-hybridized carbons (Fsp3) is 0.435. The molecule has 2 aromatic rings. The van der Waals surface area contributed by atoms with Crippen LogP contribution >= 0.6 is 0 Å². The molecule has 0 bridgehead atoms. The van der Waals surface area contributed by atoms with Gasteiger partial charge in [0.15, 0.2) is 17.5 Å². The quantitative estimate of drug-likeness (QED) is 0.524. The molecule has 0 spiro atoms. The minimum absolute atomic E-state index is 0.0155. The van der Waals surface area contributed by atoms with Crippen LogP contribution in [0, 0.1) is 10.1 Å². The molecular weight excluding hydrogens is 398 g/mol. The molecule has 0 radical (unpaired) electrons. The number of nitrogens with one attached hydrogen (secondary N) is 2. The lowest BCUT2D eigenvalue weighted by Gasteiger charge is -2.28. The molecule has 8 nitrogen and oxygen atoms in total. The SMILES string of the molecule is C[NH+](Cc1ccccc1)C(C(=O)NC1CCCCC1)c1cc2c(cc1[N+](=O)[O-])OCO2. The zero-order valence-corrected chi connectivity index (χ0v) is 17.6. The maximum Gasteiger partial charge on any atom is 0.283 e. The summed E-state index contributed by atoms with van der Waals surface area (Å²) in [7, 11) is 1.90. The summed E-state index contributed by atoms with van der Waals surface area (Å²) in [6, 6.07) is 12.1. The minimum Gasteiger partial charge on any atom is -0.454 e. The Morgan fingerprint density at radius 2 is 1.84 bits per heavy atom. The van der Waals surface area contributed by atoms with Crippen molar-refractivity contribution in [3.63, 3.8) is 0 Å². The molecule has 1 aliphatic heterocycles. The first kappa shape index (κ1) is 21.1. The molecule has 1 amide bonds. The van der Waals surface area contributed by atoms with Crippen molar-refractivity contribution in [3.05, 3.63) is 63.7 Å². The Balaban J connectivity index is 1.69. The van der Waals surface area contributed by atoms with Crippen LogP contribution in [0.25, 0.3) is 0 Å². The Kier molecular flexibility index (Phi) is 6.36. The van der Waals surface area contributed by atoms with Crippen LogP contribution in [0.5, 0.6) is 11.5 Å². The molecule has 1 aliphatic carbocycles. The average Bonchev–Trinajstić information content (AvgIpc) is 3.22. The van der Waals surface area contributed by atoms with Crippen LogP contribution in [-0.2, 0) is 11.3 Å². The number of nitro groups is 1. The molecule has 1 heterocycles. The van der Waals surface area contributed by atoms with E-state index in [9.17, 15) is 14.9 Å². The van der Waals surface area contributed by atoms with Crippen LogP contribution in [0.15, 0.2) is 42.5 Å². The Morgan fingerprint density at radius 3 is 2.52 bits per heavy atom. The number of hydrogen-bond donors (Lipinski definition) is 2. The van der Waals surface area contributed by atoms with Crippen molar-refractivity contribution in [3.8, 4) is 11.5 Å². The van der Waals surface area contributed by atoms with Crippen molar-refractivity contribution in [2.24, 2.45) is 0 Å². The van der Waals surface area contributed by atoms with Gasteiger partial charge in [-0.3, -0.25) is 14.9 Å². The van der Waals surface area contributed by atoms with Crippen molar-refractivity contribution in [1.82, 2.24) is 5.32 Å². The largest absolute Gasteiger partial charge is 0.454 e. The first-order valence-electron chi connectivity index (χ1n) is 10.8. The van der Waals surface area contributed by atoms with E-state index in [4.69, 9.17) is 9.47 Å². The second-order valence-corrected chi connectivity index (χ2v) is 8.31. The Bertz CT molecular complexity index is 944. The molecule has 4 rings (SSSR count). The number of carbonyl (C=O) groups excluding carboxylic acids is 1. The van der Waals surface area contributed by atoms with Gasteiger partial charge in [0.05, 0.1) is 18.0 Å². The average molecular weight is 426 g/mol. The first-order valence-corrected chi connectivity index (χ1v) is 10.8. The number of hydrogen-bond acceptors (Lipinski definition) is 5. The fourth-order valence-corrected chi connectivity index (χ4v) is 4.52. The van der Waals surface area contributed by atoms with Crippen LogP contribution in [-0.4, -0.2) is 30.7 Å². The number of benzene rings is 2. The Morgan fingerprint density at radius 1 is 1.16 bits per heavy atom. The van der Waals surface area contributed by atoms with Gasteiger partial charge < -0.3 is 19.7 Å². The van der Waals surface area contributed by atoms with E-state index in [1.807, 2.05) is 37.4 Å². The number of fused-ring (bicyclic) bond motifs is 1. The molecule has 2 aliphatic rings. The minimum atomic E-state index is -0.753. The molecule has 1 fully saturated rings. The number of likely N-dealkylation sites (N-methyl/N-ethyl adjacent to an activating group) is 1. The highest BCUT2D eigenvalue weighted by molar-refractivity contribution is 5.84. The lowest BCUT2D eigenvalue weighted by atomic mass is 9.94. The summed E-state index contributed by atoms with van der Waals surface area (Å²) < 4.78 is 10.8. The van der Waals surface area contributed by atoms with Gasteiger partial charge in [-0.25, -0.2) is 0 Å². The van der Waals surface area contributed by atoms with Gasteiger partial charge in [-0.05, 0) is 12.8 Å². The second kappa shape index (κ2) is 9.34. The van der Waals surface area contributed by atoms with E-state index in [2.05, 4.69) is 5.32 Å². The Hall–Kier alpha value is -3.13. The van der Waals surface area contributed by atoms with Gasteiger partial charge in [0.25, 0.3) is 11.6 Å². The van der Waals surface area contributed by atoms with Gasteiger partial charge in [0.1, 0.15) is 12.1 Å². The maximum absolute atomic E-state index is 13.5. The van der Waals surface area contributed by atoms with Crippen LogP contribution in [0.1, 0.15) is 49.3 Å². The van der Waals surface area contributed by atoms with E-state index in [0.29, 0.717) is 23.6 Å². The number of nitro benzene ring substituents is 1. The van der Waals surface area contributed by atoms with Gasteiger partial charge in [-0.15, -0.1) is 0 Å². The van der Waals surface area contributed by atoms with E-state index in [0.717, 1.165) is 36.1 Å². The normalized spacial score (nSPS) is 17.7. The summed E-state index contributed by atoms with van der Waals surface area (Å²) in [6.45, 7) is 0.566. The summed E-state index contributed by atoms with van der Waals surface area (Å²) in [4.78, 5) is 25.8. The van der Waals surface area contributed by atoms with Crippen LogP contribution < -0.4 is 19.7 Å². The molecule has 8 heteroatoms. The molecule has 0 saturated heterocycles. The third-order valence-electron chi connectivity index (χ3n) is 6.06. The summed E-state index contributed by atoms with van der Waals surface area (Å²) in [5.41, 5.74) is 1.27. The van der Waals surface area contributed by atoms with E-state index in [-0.39, 0.29) is 24.4 Å². The predicted molar refractivity (Wildman–Crippen MR) is 114 cm³/mol. The summed E-state index contributed by atoms with van der Waals surface area (Å²) >= 11 is 0. The third kappa shape index (κ3) is 4.80. The van der Waals surface area contributed by atoms with Crippen molar-refractivity contribution in [1.29, 1.82) is 0 Å². The molecule has 164 valence electrons. The topological polar surface area (TPSA) is 95.1 Å². The number of nitrogens with zero attached hydrogens (tertiary/aromatic N) is 1. The van der Waals surface area contributed by atoms with Crippen molar-refractivity contribution in [2.45, 2.75) is 50.7 Å². The predicted octanol–water partition coefficient (Wildman–Crippen LogP) is 2.53. The first-order chi connectivity index (χ1) is 15.0. The number of amides is 1. The van der Waals surface area contributed by atoms with Gasteiger partial charge in [0.2, 0.25) is 6.79 Å². The van der Waals surface area contributed by atoms with E-state index >= 15 is 0 Å². The summed E-state index contributed by atoms with van der Waals surface area (Å²) in [5, 5.41) is 15.1. The van der Waals surface area contributed by atoms with E-state index in [1.165, 1.54) is 12.5 Å². The smallest absolute Gasteiger partial charge is 0.283 e. The van der Waals surface area contributed by atoms with E-state index in [1.54, 1.807) is 6.07 Å². The highest BCUT2D eigenvalue weighted by Crippen LogP contribution is 2.39. The Labute approximate surface area is 181 Å². The van der Waals surface area contributed by atoms with Crippen LogP contribution in [0.3, 0.4) is 0 Å². The molecular formula is C23H28N3O5+. The van der Waals surface area contributed by atoms with Crippen molar-refractivity contribution >= 4 is 11.6 Å². The molecule has 31 heavy (non-hydrogen) atoms. The summed E-state index contributed by atoms with van der Waals surface area (Å²) in [5.74, 6) is 0.577. The molecule has 2 aromatic carbocycles. The van der Waals surface area contributed by atoms with Crippen LogP contribution in [0.4, 0.5) is 5.69 Å². The number of ether oxygens (including phenoxy) is 2.